The Morgan fingerprint density at radius 2 is 2.18 bits per heavy atom. The van der Waals surface area contributed by atoms with Crippen molar-refractivity contribution >= 4 is 29.3 Å². The molecule has 0 unspecified atom stereocenters. The number of rotatable bonds is 7. The number of benzene rings is 1. The van der Waals surface area contributed by atoms with Gasteiger partial charge in [-0.05, 0) is 28.0 Å². The summed E-state index contributed by atoms with van der Waals surface area (Å²) in [5, 5.41) is 15.7. The minimum absolute atomic E-state index is 0.0796. The first kappa shape index (κ1) is 16.8. The topological polar surface area (TPSA) is 72.7 Å². The van der Waals surface area contributed by atoms with Crippen LogP contribution in [0.15, 0.2) is 29.4 Å². The lowest BCUT2D eigenvalue weighted by Gasteiger charge is -2.08. The zero-order chi connectivity index (χ0) is 15.9. The van der Waals surface area contributed by atoms with Gasteiger partial charge in [-0.15, -0.1) is 5.10 Å². The summed E-state index contributed by atoms with van der Waals surface area (Å²) in [5.41, 5.74) is 0.896. The van der Waals surface area contributed by atoms with Crippen LogP contribution < -0.4 is 5.32 Å². The molecule has 1 aromatic heterocycles. The fourth-order valence-corrected chi connectivity index (χ4v) is 2.70. The maximum absolute atomic E-state index is 11.9. The smallest absolute Gasteiger partial charge is 0.230 e. The molecule has 0 aliphatic rings. The second kappa shape index (κ2) is 8.14. The Kier molecular flexibility index (Phi) is 6.21. The van der Waals surface area contributed by atoms with Gasteiger partial charge in [0.2, 0.25) is 11.1 Å². The molecule has 0 bridgehead atoms. The monoisotopic (exact) mass is 339 g/mol. The van der Waals surface area contributed by atoms with Gasteiger partial charge in [-0.25, -0.2) is 4.68 Å². The van der Waals surface area contributed by atoms with Crippen LogP contribution in [0.5, 0.6) is 0 Å². The molecule has 0 aliphatic heterocycles. The third kappa shape index (κ3) is 4.99. The van der Waals surface area contributed by atoms with Crippen LogP contribution in [0.1, 0.15) is 19.4 Å². The van der Waals surface area contributed by atoms with Crippen LogP contribution in [0.25, 0.3) is 0 Å². The number of amides is 1. The summed E-state index contributed by atoms with van der Waals surface area (Å²) in [6, 6.07) is 7.44. The van der Waals surface area contributed by atoms with E-state index >= 15 is 0 Å². The Morgan fingerprint density at radius 3 is 2.91 bits per heavy atom. The fourth-order valence-electron chi connectivity index (χ4n) is 1.78. The second-order valence-corrected chi connectivity index (χ2v) is 6.54. The van der Waals surface area contributed by atoms with E-state index in [-0.39, 0.29) is 11.7 Å². The SMILES string of the molecule is CC(C)Cn1nnnc1SCC(=O)NCc1ccccc1Cl. The van der Waals surface area contributed by atoms with Gasteiger partial charge >= 0.3 is 0 Å². The quantitative estimate of drug-likeness (QED) is 0.784. The van der Waals surface area contributed by atoms with E-state index in [4.69, 9.17) is 11.6 Å². The highest BCUT2D eigenvalue weighted by molar-refractivity contribution is 7.99. The summed E-state index contributed by atoms with van der Waals surface area (Å²) in [5.74, 6) is 0.629. The molecule has 0 radical (unpaired) electrons. The zero-order valence-corrected chi connectivity index (χ0v) is 14.1. The van der Waals surface area contributed by atoms with E-state index in [1.165, 1.54) is 11.8 Å². The van der Waals surface area contributed by atoms with Gasteiger partial charge in [0.25, 0.3) is 0 Å². The molecule has 0 spiro atoms. The molecule has 22 heavy (non-hydrogen) atoms. The molecule has 6 nitrogen and oxygen atoms in total. The van der Waals surface area contributed by atoms with Crippen LogP contribution >= 0.6 is 23.4 Å². The molecular weight excluding hydrogens is 322 g/mol. The summed E-state index contributed by atoms with van der Waals surface area (Å²) < 4.78 is 1.72. The molecule has 1 amide bonds. The van der Waals surface area contributed by atoms with Crippen molar-refractivity contribution in [1.29, 1.82) is 0 Å². The van der Waals surface area contributed by atoms with Crippen molar-refractivity contribution in [2.75, 3.05) is 5.75 Å². The van der Waals surface area contributed by atoms with Crippen LogP contribution in [0.3, 0.4) is 0 Å². The van der Waals surface area contributed by atoms with Crippen LogP contribution in [0.4, 0.5) is 0 Å². The van der Waals surface area contributed by atoms with Crippen molar-refractivity contribution in [3.8, 4) is 0 Å². The molecule has 2 rings (SSSR count). The van der Waals surface area contributed by atoms with E-state index in [1.807, 2.05) is 18.2 Å². The average Bonchev–Trinajstić information content (AvgIpc) is 2.90. The van der Waals surface area contributed by atoms with Crippen molar-refractivity contribution in [3.05, 3.63) is 34.9 Å². The molecule has 1 heterocycles. The van der Waals surface area contributed by atoms with Gasteiger partial charge in [0.05, 0.1) is 5.75 Å². The minimum atomic E-state index is -0.0796. The van der Waals surface area contributed by atoms with Crippen LogP contribution in [-0.4, -0.2) is 31.9 Å². The molecule has 0 saturated heterocycles. The maximum atomic E-state index is 11.9. The molecule has 8 heteroatoms. The molecule has 0 atom stereocenters. The van der Waals surface area contributed by atoms with Gasteiger partial charge in [0.15, 0.2) is 0 Å². The number of halogens is 1. The molecule has 0 aliphatic carbocycles. The van der Waals surface area contributed by atoms with Crippen molar-refractivity contribution in [2.45, 2.75) is 32.1 Å². The third-order valence-electron chi connectivity index (χ3n) is 2.80. The summed E-state index contributed by atoms with van der Waals surface area (Å²) in [7, 11) is 0. The average molecular weight is 340 g/mol. The van der Waals surface area contributed by atoms with Gasteiger partial charge in [0, 0.05) is 18.1 Å². The number of thioether (sulfide) groups is 1. The Labute approximate surface area is 138 Å². The molecule has 1 aromatic carbocycles. The van der Waals surface area contributed by atoms with Gasteiger partial charge in [-0.3, -0.25) is 4.79 Å². The molecule has 2 aromatic rings. The molecule has 1 N–H and O–H groups in total. The van der Waals surface area contributed by atoms with Gasteiger partial charge in [-0.1, -0.05) is 55.4 Å². The van der Waals surface area contributed by atoms with Gasteiger partial charge in [0.1, 0.15) is 0 Å². The first-order valence-electron chi connectivity index (χ1n) is 6.95. The minimum Gasteiger partial charge on any atom is -0.351 e. The number of carbonyl (C=O) groups is 1. The predicted molar refractivity (Wildman–Crippen MR) is 86.7 cm³/mol. The Bertz CT molecular complexity index is 631. The lowest BCUT2D eigenvalue weighted by atomic mass is 10.2. The van der Waals surface area contributed by atoms with Crippen LogP contribution in [0, 0.1) is 5.92 Å². The second-order valence-electron chi connectivity index (χ2n) is 5.19. The third-order valence-corrected chi connectivity index (χ3v) is 4.13. The van der Waals surface area contributed by atoms with Crippen molar-refractivity contribution in [3.63, 3.8) is 0 Å². The number of carbonyl (C=O) groups excluding carboxylic acids is 1. The summed E-state index contributed by atoms with van der Waals surface area (Å²) in [4.78, 5) is 11.9. The Hall–Kier alpha value is -1.60. The van der Waals surface area contributed by atoms with E-state index in [0.717, 1.165) is 12.1 Å². The largest absolute Gasteiger partial charge is 0.351 e. The summed E-state index contributed by atoms with van der Waals surface area (Å²) in [6.07, 6.45) is 0. The van der Waals surface area contributed by atoms with Crippen LogP contribution in [-0.2, 0) is 17.9 Å². The lowest BCUT2D eigenvalue weighted by Crippen LogP contribution is -2.25. The van der Waals surface area contributed by atoms with Crippen molar-refractivity contribution in [2.24, 2.45) is 5.92 Å². The van der Waals surface area contributed by atoms with E-state index in [1.54, 1.807) is 10.7 Å². The zero-order valence-electron chi connectivity index (χ0n) is 12.5. The van der Waals surface area contributed by atoms with Gasteiger partial charge < -0.3 is 5.32 Å². The van der Waals surface area contributed by atoms with E-state index in [9.17, 15) is 4.79 Å². The summed E-state index contributed by atoms with van der Waals surface area (Å²) in [6.45, 7) is 5.32. The Morgan fingerprint density at radius 1 is 1.41 bits per heavy atom. The maximum Gasteiger partial charge on any atom is 0.230 e. The number of aromatic nitrogens is 4. The lowest BCUT2D eigenvalue weighted by molar-refractivity contribution is -0.118. The van der Waals surface area contributed by atoms with E-state index in [0.29, 0.717) is 22.6 Å². The highest BCUT2D eigenvalue weighted by Crippen LogP contribution is 2.16. The number of nitrogens with zero attached hydrogens (tertiary/aromatic N) is 4. The van der Waals surface area contributed by atoms with E-state index in [2.05, 4.69) is 34.7 Å². The number of nitrogens with one attached hydrogen (secondary N) is 1. The fraction of sp³-hybridized carbons (Fsp3) is 0.429. The molecule has 0 saturated carbocycles. The molecule has 118 valence electrons. The Balaban J connectivity index is 1.81. The molecular formula is C14H18ClN5OS. The standard InChI is InChI=1S/C14H18ClN5OS/c1-10(2)8-20-14(17-18-19-20)22-9-13(21)16-7-11-5-3-4-6-12(11)15/h3-6,10H,7-9H2,1-2H3,(H,16,21). The number of hydrogen-bond acceptors (Lipinski definition) is 5. The number of tetrazole rings is 1. The molecule has 0 fully saturated rings. The first-order valence-corrected chi connectivity index (χ1v) is 8.31. The normalized spacial score (nSPS) is 10.9. The highest BCUT2D eigenvalue weighted by atomic mass is 35.5. The number of hydrogen-bond donors (Lipinski definition) is 1. The summed E-state index contributed by atoms with van der Waals surface area (Å²) >= 11 is 7.37. The van der Waals surface area contributed by atoms with E-state index < -0.39 is 0 Å². The van der Waals surface area contributed by atoms with Gasteiger partial charge in [-0.2, -0.15) is 0 Å². The van der Waals surface area contributed by atoms with Crippen molar-refractivity contribution in [1.82, 2.24) is 25.5 Å². The predicted octanol–water partition coefficient (Wildman–Crippen LogP) is 2.39. The van der Waals surface area contributed by atoms with Crippen molar-refractivity contribution < 1.29 is 4.79 Å². The first-order chi connectivity index (χ1) is 10.6. The highest BCUT2D eigenvalue weighted by Gasteiger charge is 2.11. The van der Waals surface area contributed by atoms with Crippen LogP contribution in [0.2, 0.25) is 5.02 Å².